The molecule has 0 N–H and O–H groups in total. The topological polar surface area (TPSA) is 99.6 Å². The van der Waals surface area contributed by atoms with E-state index in [-0.39, 0.29) is 0 Å². The van der Waals surface area contributed by atoms with Crippen molar-refractivity contribution in [2.45, 2.75) is 0 Å². The van der Waals surface area contributed by atoms with Gasteiger partial charge in [0.15, 0.2) is 0 Å². The number of pyridine rings is 2. The van der Waals surface area contributed by atoms with Crippen LogP contribution in [0.25, 0.3) is 86.3 Å². The van der Waals surface area contributed by atoms with Crippen LogP contribution < -0.4 is 0 Å². The van der Waals surface area contributed by atoms with Crippen LogP contribution in [0.15, 0.2) is 118 Å². The van der Waals surface area contributed by atoms with E-state index in [2.05, 4.69) is 58.5 Å². The molecule has 0 fully saturated rings. The highest BCUT2D eigenvalue weighted by Crippen LogP contribution is 2.53. The molecule has 0 aliphatic rings. The second-order valence-electron chi connectivity index (χ2n) is 11.1. The first-order valence-electron chi connectivity index (χ1n) is 15.1. The van der Waals surface area contributed by atoms with Gasteiger partial charge in [0.1, 0.15) is 35.2 Å². The maximum atomic E-state index is 9.82. The maximum Gasteiger partial charge on any atom is 0.145 e. The van der Waals surface area contributed by atoms with Crippen LogP contribution in [0.3, 0.4) is 0 Å². The van der Waals surface area contributed by atoms with E-state index < -0.39 is 0 Å². The Balaban J connectivity index is 1.21. The number of nitrogens with zero attached hydrogens (tertiary/aromatic N) is 4. The van der Waals surface area contributed by atoms with Crippen LogP contribution in [-0.4, -0.2) is 9.97 Å². The molecule has 224 valence electrons. The molecule has 0 saturated carbocycles. The summed E-state index contributed by atoms with van der Waals surface area (Å²) in [5, 5.41) is 26.6. The summed E-state index contributed by atoms with van der Waals surface area (Å²) in [5.74, 6) is 2.69. The number of benzene rings is 3. The number of fused-ring (bicyclic) bond motifs is 2. The zero-order valence-corrected chi connectivity index (χ0v) is 26.6. The number of allylic oxidation sites excluding steroid dienone is 2. The fraction of sp³-hybridized carbons (Fsp3) is 0. The second kappa shape index (κ2) is 11.2. The molecule has 0 amide bonds. The van der Waals surface area contributed by atoms with Crippen molar-refractivity contribution in [3.8, 4) is 33.4 Å². The molecule has 9 rings (SSSR count). The molecule has 0 bridgehead atoms. The molecule has 6 aromatic heterocycles. The Hall–Kier alpha value is -6.32. The van der Waals surface area contributed by atoms with E-state index in [1.165, 1.54) is 10.8 Å². The average Bonchev–Trinajstić information content (AvgIpc) is 3.95. The molecule has 6 heterocycles. The molecule has 6 nitrogen and oxygen atoms in total. The lowest BCUT2D eigenvalue weighted by molar-refractivity contribution is 0.573. The standard InChI is InChI=1S/C40H20N4O2S2/c41-21-23(29-9-1-3-17-43-29)19-25-13-15-31(45-25)39-37-27-7-5-12-34-36(27)38(28-8-6-11-33(47-39)35(28)37)40(48-34)32-16-14-26(46-32)20-24(22-42)30-10-2-4-18-44-30/h1-20H/b23-19+,24-20+. The Morgan fingerprint density at radius 3 is 1.44 bits per heavy atom. The Morgan fingerprint density at radius 1 is 0.542 bits per heavy atom. The molecule has 0 radical (unpaired) electrons. The van der Waals surface area contributed by atoms with E-state index in [0.29, 0.717) is 34.1 Å². The Labute approximate surface area is 281 Å². The Morgan fingerprint density at radius 2 is 1.02 bits per heavy atom. The van der Waals surface area contributed by atoms with Crippen LogP contribution in [0.2, 0.25) is 0 Å². The molecule has 0 saturated heterocycles. The molecule has 0 atom stereocenters. The highest BCUT2D eigenvalue weighted by molar-refractivity contribution is 7.25. The van der Waals surface area contributed by atoms with E-state index in [0.717, 1.165) is 52.2 Å². The van der Waals surface area contributed by atoms with Gasteiger partial charge >= 0.3 is 0 Å². The maximum absolute atomic E-state index is 9.82. The van der Waals surface area contributed by atoms with Gasteiger partial charge in [0, 0.05) is 55.5 Å². The minimum absolute atomic E-state index is 0.439. The SMILES string of the molecule is N#C/C(=C\c1ccc(-c2sc3cccc4c5c(-c6ccc(/C=C(\C#N)c7ccccn7)o6)sc6cccc(c2c34)c65)o1)c1ccccn1. The number of hydrogen-bond acceptors (Lipinski definition) is 8. The van der Waals surface area contributed by atoms with Gasteiger partial charge in [0.2, 0.25) is 0 Å². The van der Waals surface area contributed by atoms with Crippen molar-refractivity contribution in [1.82, 2.24) is 9.97 Å². The van der Waals surface area contributed by atoms with E-state index in [4.69, 9.17) is 8.83 Å². The van der Waals surface area contributed by atoms with Crippen molar-refractivity contribution in [3.05, 3.63) is 132 Å². The summed E-state index contributed by atoms with van der Waals surface area (Å²) in [6.07, 6.45) is 6.83. The Kier molecular flexibility index (Phi) is 6.51. The van der Waals surface area contributed by atoms with Crippen LogP contribution in [-0.2, 0) is 0 Å². The third-order valence-corrected chi connectivity index (χ3v) is 10.7. The van der Waals surface area contributed by atoms with Crippen LogP contribution in [0.1, 0.15) is 22.9 Å². The minimum Gasteiger partial charge on any atom is -0.456 e. The van der Waals surface area contributed by atoms with E-state index >= 15 is 0 Å². The molecular formula is C40H20N4O2S2. The van der Waals surface area contributed by atoms with Crippen molar-refractivity contribution in [1.29, 1.82) is 10.5 Å². The summed E-state index contributed by atoms with van der Waals surface area (Å²) in [5.41, 5.74) is 2.08. The van der Waals surface area contributed by atoms with Gasteiger partial charge in [0.05, 0.1) is 32.3 Å². The van der Waals surface area contributed by atoms with Crippen LogP contribution in [0.4, 0.5) is 0 Å². The third kappa shape index (κ3) is 4.44. The normalized spacial score (nSPS) is 12.4. The number of rotatable bonds is 6. The molecule has 0 unspecified atom stereocenters. The lowest BCUT2D eigenvalue weighted by Crippen LogP contribution is -1.85. The average molecular weight is 653 g/mol. The van der Waals surface area contributed by atoms with E-state index in [1.807, 2.05) is 60.7 Å². The first-order valence-corrected chi connectivity index (χ1v) is 16.7. The summed E-state index contributed by atoms with van der Waals surface area (Å²) in [4.78, 5) is 10.7. The third-order valence-electron chi connectivity index (χ3n) is 8.37. The van der Waals surface area contributed by atoms with Gasteiger partial charge in [-0.3, -0.25) is 9.97 Å². The largest absolute Gasteiger partial charge is 0.456 e. The summed E-state index contributed by atoms with van der Waals surface area (Å²) in [7, 11) is 0. The molecule has 9 aromatic rings. The number of furan rings is 2. The monoisotopic (exact) mass is 652 g/mol. The molecule has 3 aromatic carbocycles. The van der Waals surface area contributed by atoms with Gasteiger partial charge in [-0.05, 0) is 71.4 Å². The number of aromatic nitrogens is 2. The number of nitriles is 2. The summed E-state index contributed by atoms with van der Waals surface area (Å²) in [6.45, 7) is 0. The smallest absolute Gasteiger partial charge is 0.145 e. The van der Waals surface area contributed by atoms with Crippen LogP contribution in [0.5, 0.6) is 0 Å². The molecule has 0 aliphatic carbocycles. The fourth-order valence-corrected chi connectivity index (χ4v) is 8.75. The summed E-state index contributed by atoms with van der Waals surface area (Å²) < 4.78 is 15.1. The highest BCUT2D eigenvalue weighted by Gasteiger charge is 2.25. The quantitative estimate of drug-likeness (QED) is 0.131. The molecule has 0 spiro atoms. The van der Waals surface area contributed by atoms with Gasteiger partial charge in [-0.2, -0.15) is 10.5 Å². The van der Waals surface area contributed by atoms with Gasteiger partial charge in [0.25, 0.3) is 0 Å². The van der Waals surface area contributed by atoms with Crippen molar-refractivity contribution < 1.29 is 8.83 Å². The van der Waals surface area contributed by atoms with Crippen molar-refractivity contribution in [3.63, 3.8) is 0 Å². The fourth-order valence-electron chi connectivity index (χ4n) is 6.34. The van der Waals surface area contributed by atoms with Crippen LogP contribution in [0, 0.1) is 22.7 Å². The van der Waals surface area contributed by atoms with Gasteiger partial charge < -0.3 is 8.83 Å². The molecular weight excluding hydrogens is 633 g/mol. The first kappa shape index (κ1) is 27.9. The highest BCUT2D eigenvalue weighted by atomic mass is 32.1. The summed E-state index contributed by atoms with van der Waals surface area (Å²) >= 11 is 3.41. The van der Waals surface area contributed by atoms with E-state index in [9.17, 15) is 10.5 Å². The summed E-state index contributed by atoms with van der Waals surface area (Å²) in [6, 6.07) is 36.2. The van der Waals surface area contributed by atoms with Crippen molar-refractivity contribution >= 4 is 87.7 Å². The predicted octanol–water partition coefficient (Wildman–Crippen LogP) is 11.3. The van der Waals surface area contributed by atoms with Gasteiger partial charge in [-0.25, -0.2) is 0 Å². The Bertz CT molecular complexity index is 2610. The lowest BCUT2D eigenvalue weighted by atomic mass is 9.94. The number of thiophene rings is 2. The first-order chi connectivity index (χ1) is 23.7. The zero-order chi connectivity index (χ0) is 32.2. The van der Waals surface area contributed by atoms with E-state index in [1.54, 1.807) is 47.2 Å². The molecule has 8 heteroatoms. The van der Waals surface area contributed by atoms with Gasteiger partial charge in [-0.15, -0.1) is 22.7 Å². The predicted molar refractivity (Wildman–Crippen MR) is 194 cm³/mol. The van der Waals surface area contributed by atoms with Crippen LogP contribution >= 0.6 is 22.7 Å². The van der Waals surface area contributed by atoms with Crippen molar-refractivity contribution in [2.75, 3.05) is 0 Å². The zero-order valence-electron chi connectivity index (χ0n) is 25.0. The lowest BCUT2D eigenvalue weighted by Gasteiger charge is -2.08. The molecule has 0 aliphatic heterocycles. The molecule has 48 heavy (non-hydrogen) atoms. The second-order valence-corrected chi connectivity index (χ2v) is 13.2. The number of hydrogen-bond donors (Lipinski definition) is 0. The minimum atomic E-state index is 0.439. The van der Waals surface area contributed by atoms with Gasteiger partial charge in [-0.1, -0.05) is 36.4 Å². The van der Waals surface area contributed by atoms with Crippen molar-refractivity contribution in [2.24, 2.45) is 0 Å².